The Bertz CT molecular complexity index is 453. The molecule has 5 heteroatoms. The Morgan fingerprint density at radius 2 is 1.74 bits per heavy atom. The topological polar surface area (TPSA) is 67.9 Å². The molecule has 1 heterocycles. The van der Waals surface area contributed by atoms with Gasteiger partial charge in [0, 0.05) is 13.7 Å². The number of carbonyl (C=O) groups is 1. The van der Waals surface area contributed by atoms with Crippen molar-refractivity contribution >= 4 is 11.9 Å². The van der Waals surface area contributed by atoms with Gasteiger partial charge in [0.1, 0.15) is 0 Å². The van der Waals surface area contributed by atoms with Crippen molar-refractivity contribution in [3.8, 4) is 0 Å². The number of likely N-dealkylation sites (N-methyl/N-ethyl adjacent to an activating group) is 1. The number of nitrogens with two attached hydrogens (primary N) is 1. The van der Waals surface area contributed by atoms with Crippen molar-refractivity contribution in [2.75, 3.05) is 20.3 Å². The highest BCUT2D eigenvalue weighted by molar-refractivity contribution is 6.06. The fourth-order valence-corrected chi connectivity index (χ4v) is 4.48. The van der Waals surface area contributed by atoms with Gasteiger partial charge >= 0.3 is 0 Å². The summed E-state index contributed by atoms with van der Waals surface area (Å²) < 4.78 is 6.00. The molecule has 0 radical (unpaired) electrons. The first kappa shape index (κ1) is 16.7. The SMILES string of the molecule is CN1C(=O)C(COCC2CCCC2)(CC2CCCCC2)N=C1N. The second kappa shape index (κ2) is 7.20. The Hall–Kier alpha value is -1.10. The van der Waals surface area contributed by atoms with Gasteiger partial charge in [-0.3, -0.25) is 9.69 Å². The minimum atomic E-state index is -0.764. The van der Waals surface area contributed by atoms with E-state index in [0.29, 0.717) is 24.4 Å². The average Bonchev–Trinajstić information content (AvgIpc) is 3.13. The van der Waals surface area contributed by atoms with Gasteiger partial charge in [-0.1, -0.05) is 44.9 Å². The summed E-state index contributed by atoms with van der Waals surface area (Å²) in [5, 5.41) is 0. The van der Waals surface area contributed by atoms with Crippen molar-refractivity contribution < 1.29 is 9.53 Å². The highest BCUT2D eigenvalue weighted by atomic mass is 16.5. The highest BCUT2D eigenvalue weighted by Crippen LogP contribution is 2.36. The number of aliphatic imine (C=N–C) groups is 1. The molecule has 2 N–H and O–H groups in total. The van der Waals surface area contributed by atoms with E-state index in [4.69, 9.17) is 10.5 Å². The van der Waals surface area contributed by atoms with Crippen LogP contribution in [-0.4, -0.2) is 42.6 Å². The number of nitrogens with zero attached hydrogens (tertiary/aromatic N) is 2. The van der Waals surface area contributed by atoms with Gasteiger partial charge in [0.15, 0.2) is 11.5 Å². The van der Waals surface area contributed by atoms with Crippen molar-refractivity contribution in [2.45, 2.75) is 69.7 Å². The third kappa shape index (κ3) is 3.70. The quantitative estimate of drug-likeness (QED) is 0.818. The minimum absolute atomic E-state index is 0.0204. The van der Waals surface area contributed by atoms with Crippen molar-refractivity contribution in [2.24, 2.45) is 22.6 Å². The van der Waals surface area contributed by atoms with Gasteiger partial charge in [-0.2, -0.15) is 0 Å². The smallest absolute Gasteiger partial charge is 0.259 e. The number of ether oxygens (including phenoxy) is 1. The zero-order valence-corrected chi connectivity index (χ0v) is 14.4. The summed E-state index contributed by atoms with van der Waals surface area (Å²) in [5.74, 6) is 1.60. The molecule has 1 amide bonds. The summed E-state index contributed by atoms with van der Waals surface area (Å²) in [6.45, 7) is 1.16. The van der Waals surface area contributed by atoms with Crippen molar-refractivity contribution in [1.82, 2.24) is 4.90 Å². The lowest BCUT2D eigenvalue weighted by Crippen LogP contribution is -2.46. The Kier molecular flexibility index (Phi) is 5.24. The predicted octanol–water partition coefficient (Wildman–Crippen LogP) is 2.69. The van der Waals surface area contributed by atoms with Gasteiger partial charge in [-0.05, 0) is 31.1 Å². The Labute approximate surface area is 139 Å². The molecule has 3 rings (SSSR count). The van der Waals surface area contributed by atoms with E-state index >= 15 is 0 Å². The molecule has 0 saturated heterocycles. The number of guanidine groups is 1. The molecule has 0 bridgehead atoms. The minimum Gasteiger partial charge on any atom is -0.378 e. The van der Waals surface area contributed by atoms with Crippen molar-refractivity contribution in [3.05, 3.63) is 0 Å². The maximum absolute atomic E-state index is 12.8. The van der Waals surface area contributed by atoms with Crippen LogP contribution in [0.5, 0.6) is 0 Å². The number of amides is 1. The number of carbonyl (C=O) groups excluding carboxylic acids is 1. The standard InChI is InChI=1S/C18H31N3O2/c1-21-16(22)18(20-17(21)19,11-14-7-3-2-4-8-14)13-23-12-15-9-5-6-10-15/h14-15H,2-13H2,1H3,(H2,19,20). The van der Waals surface area contributed by atoms with Gasteiger partial charge in [0.2, 0.25) is 0 Å². The van der Waals surface area contributed by atoms with Crippen LogP contribution in [0.25, 0.3) is 0 Å². The van der Waals surface area contributed by atoms with E-state index < -0.39 is 5.54 Å². The lowest BCUT2D eigenvalue weighted by atomic mass is 9.79. The molecular formula is C18H31N3O2. The first-order valence-electron chi connectivity index (χ1n) is 9.32. The van der Waals surface area contributed by atoms with Crippen molar-refractivity contribution in [3.63, 3.8) is 0 Å². The third-order valence-corrected chi connectivity index (χ3v) is 5.90. The summed E-state index contributed by atoms with van der Waals surface area (Å²) >= 11 is 0. The lowest BCUT2D eigenvalue weighted by molar-refractivity contribution is -0.133. The van der Waals surface area contributed by atoms with E-state index in [2.05, 4.69) is 4.99 Å². The van der Waals surface area contributed by atoms with E-state index in [1.165, 1.54) is 62.7 Å². The molecule has 1 unspecified atom stereocenters. The van der Waals surface area contributed by atoms with Crippen LogP contribution in [0.15, 0.2) is 4.99 Å². The zero-order chi connectivity index (χ0) is 16.3. The molecule has 23 heavy (non-hydrogen) atoms. The summed E-state index contributed by atoms with van der Waals surface area (Å²) in [6, 6.07) is 0. The molecule has 1 aliphatic heterocycles. The van der Waals surface area contributed by atoms with E-state index in [1.807, 2.05) is 0 Å². The molecule has 0 aromatic heterocycles. The fourth-order valence-electron chi connectivity index (χ4n) is 4.48. The fraction of sp³-hybridized carbons (Fsp3) is 0.889. The summed E-state index contributed by atoms with van der Waals surface area (Å²) in [6.07, 6.45) is 12.2. The normalized spacial score (nSPS) is 30.2. The van der Waals surface area contributed by atoms with Gasteiger partial charge in [-0.15, -0.1) is 0 Å². The van der Waals surface area contributed by atoms with Crippen LogP contribution < -0.4 is 5.73 Å². The van der Waals surface area contributed by atoms with Gasteiger partial charge in [-0.25, -0.2) is 4.99 Å². The molecule has 2 fully saturated rings. The molecule has 0 aromatic rings. The van der Waals surface area contributed by atoms with Crippen LogP contribution in [0.1, 0.15) is 64.2 Å². The number of rotatable bonds is 6. The Morgan fingerprint density at radius 3 is 2.35 bits per heavy atom. The maximum atomic E-state index is 12.8. The van der Waals surface area contributed by atoms with E-state index in [1.54, 1.807) is 7.05 Å². The van der Waals surface area contributed by atoms with E-state index in [0.717, 1.165) is 13.0 Å². The zero-order valence-electron chi connectivity index (χ0n) is 14.4. The maximum Gasteiger partial charge on any atom is 0.259 e. The lowest BCUT2D eigenvalue weighted by Gasteiger charge is -2.31. The van der Waals surface area contributed by atoms with E-state index in [9.17, 15) is 4.79 Å². The van der Waals surface area contributed by atoms with Crippen LogP contribution in [0.3, 0.4) is 0 Å². The number of hydrogen-bond donors (Lipinski definition) is 1. The molecule has 3 aliphatic rings. The van der Waals surface area contributed by atoms with Crippen LogP contribution in [0.4, 0.5) is 0 Å². The Balaban J connectivity index is 1.64. The largest absolute Gasteiger partial charge is 0.378 e. The summed E-state index contributed by atoms with van der Waals surface area (Å²) in [5.41, 5.74) is 5.18. The van der Waals surface area contributed by atoms with Crippen LogP contribution in [0.2, 0.25) is 0 Å². The monoisotopic (exact) mass is 321 g/mol. The molecule has 0 aromatic carbocycles. The first-order chi connectivity index (χ1) is 11.1. The average molecular weight is 321 g/mol. The Morgan fingerprint density at radius 1 is 1.13 bits per heavy atom. The third-order valence-electron chi connectivity index (χ3n) is 5.90. The van der Waals surface area contributed by atoms with Crippen LogP contribution >= 0.6 is 0 Å². The molecule has 2 aliphatic carbocycles. The van der Waals surface area contributed by atoms with Crippen LogP contribution in [-0.2, 0) is 9.53 Å². The highest BCUT2D eigenvalue weighted by Gasteiger charge is 2.48. The molecule has 130 valence electrons. The first-order valence-corrected chi connectivity index (χ1v) is 9.32. The summed E-state index contributed by atoms with van der Waals surface area (Å²) in [7, 11) is 1.72. The van der Waals surface area contributed by atoms with Crippen LogP contribution in [0, 0.1) is 11.8 Å². The van der Waals surface area contributed by atoms with Crippen molar-refractivity contribution in [1.29, 1.82) is 0 Å². The molecule has 2 saturated carbocycles. The predicted molar refractivity (Wildman–Crippen MR) is 91.1 cm³/mol. The second-order valence-electron chi connectivity index (χ2n) is 7.74. The number of hydrogen-bond acceptors (Lipinski definition) is 4. The molecule has 5 nitrogen and oxygen atoms in total. The second-order valence-corrected chi connectivity index (χ2v) is 7.74. The van der Waals surface area contributed by atoms with Gasteiger partial charge in [0.25, 0.3) is 5.91 Å². The van der Waals surface area contributed by atoms with Gasteiger partial charge in [0.05, 0.1) is 6.61 Å². The molecule has 1 atom stereocenters. The molecular weight excluding hydrogens is 290 g/mol. The van der Waals surface area contributed by atoms with Gasteiger partial charge < -0.3 is 10.5 Å². The molecule has 0 spiro atoms. The van der Waals surface area contributed by atoms with E-state index in [-0.39, 0.29) is 5.91 Å². The summed E-state index contributed by atoms with van der Waals surface area (Å²) in [4.78, 5) is 18.9.